The van der Waals surface area contributed by atoms with E-state index in [1.807, 2.05) is 24.3 Å². The lowest BCUT2D eigenvalue weighted by Gasteiger charge is -2.29. The lowest BCUT2D eigenvalue weighted by atomic mass is 9.79. The minimum atomic E-state index is -0.369. The van der Waals surface area contributed by atoms with Crippen LogP contribution in [-0.4, -0.2) is 44.2 Å². The van der Waals surface area contributed by atoms with Gasteiger partial charge in [0, 0.05) is 19.1 Å². The normalized spacial score (nSPS) is 21.5. The standard InChI is InChI=1S/C21H26N2O4/c1-26-17-9-8-16(14-18(17)27-2)23-19(25)15-21(10-5-3-4-6-13-24)11-7-12-22-20(21)23/h3-4,7-9,11,14,24H,5-6,10,12-13,15H2,1-2H3/b4-3+/t21-/m0/s1. The molecule has 1 saturated heterocycles. The number of carbonyl (C=O) groups excluding carboxylic acids is 1. The average molecular weight is 370 g/mol. The van der Waals surface area contributed by atoms with E-state index in [0.29, 0.717) is 30.9 Å². The molecule has 0 bridgehead atoms. The summed E-state index contributed by atoms with van der Waals surface area (Å²) in [7, 11) is 3.17. The van der Waals surface area contributed by atoms with Crippen LogP contribution < -0.4 is 14.4 Å². The molecule has 1 aromatic carbocycles. The third kappa shape index (κ3) is 3.76. The summed E-state index contributed by atoms with van der Waals surface area (Å²) in [4.78, 5) is 19.3. The summed E-state index contributed by atoms with van der Waals surface area (Å²) in [6.07, 6.45) is 10.9. The number of rotatable bonds is 8. The lowest BCUT2D eigenvalue weighted by Crippen LogP contribution is -2.36. The molecule has 6 nitrogen and oxygen atoms in total. The summed E-state index contributed by atoms with van der Waals surface area (Å²) in [6.45, 7) is 0.730. The molecule has 1 N–H and O–H groups in total. The Morgan fingerprint density at radius 3 is 2.74 bits per heavy atom. The number of methoxy groups -OCH3 is 2. The Labute approximate surface area is 159 Å². The van der Waals surface area contributed by atoms with E-state index in [1.165, 1.54) is 0 Å². The first-order valence-corrected chi connectivity index (χ1v) is 9.18. The smallest absolute Gasteiger partial charge is 0.233 e. The van der Waals surface area contributed by atoms with Gasteiger partial charge < -0.3 is 14.6 Å². The number of hydrogen-bond donors (Lipinski definition) is 1. The Kier molecular flexibility index (Phi) is 5.96. The Hall–Kier alpha value is -2.60. The largest absolute Gasteiger partial charge is 0.493 e. The number of nitrogens with zero attached hydrogens (tertiary/aromatic N) is 2. The van der Waals surface area contributed by atoms with Crippen LogP contribution in [0.25, 0.3) is 0 Å². The average Bonchev–Trinajstić information content (AvgIpc) is 2.99. The fourth-order valence-corrected chi connectivity index (χ4v) is 3.71. The summed E-state index contributed by atoms with van der Waals surface area (Å²) < 4.78 is 10.7. The molecule has 1 atom stereocenters. The Bertz CT molecular complexity index is 784. The molecule has 0 radical (unpaired) electrons. The molecule has 0 unspecified atom stereocenters. The maximum absolute atomic E-state index is 12.9. The van der Waals surface area contributed by atoms with E-state index in [1.54, 1.807) is 25.2 Å². The van der Waals surface area contributed by atoms with Gasteiger partial charge in [0.2, 0.25) is 5.91 Å². The van der Waals surface area contributed by atoms with Crippen LogP contribution in [0.4, 0.5) is 5.69 Å². The third-order valence-electron chi connectivity index (χ3n) is 5.00. The van der Waals surface area contributed by atoms with E-state index in [9.17, 15) is 4.79 Å². The van der Waals surface area contributed by atoms with Crippen LogP contribution in [-0.2, 0) is 4.79 Å². The molecule has 144 valence electrons. The number of dihydropyridines is 1. The van der Waals surface area contributed by atoms with Crippen molar-refractivity contribution in [3.63, 3.8) is 0 Å². The van der Waals surface area contributed by atoms with Gasteiger partial charge in [-0.25, -0.2) is 0 Å². The second-order valence-corrected chi connectivity index (χ2v) is 6.69. The predicted octanol–water partition coefficient (Wildman–Crippen LogP) is 3.11. The van der Waals surface area contributed by atoms with E-state index in [-0.39, 0.29) is 17.9 Å². The van der Waals surface area contributed by atoms with Crippen molar-refractivity contribution in [3.05, 3.63) is 42.5 Å². The predicted molar refractivity (Wildman–Crippen MR) is 106 cm³/mol. The summed E-state index contributed by atoms with van der Waals surface area (Å²) in [5.74, 6) is 2.04. The molecule has 6 heteroatoms. The molecule has 2 aliphatic rings. The number of carbonyl (C=O) groups is 1. The highest BCUT2D eigenvalue weighted by Gasteiger charge is 2.48. The van der Waals surface area contributed by atoms with Crippen molar-refractivity contribution in [2.75, 3.05) is 32.3 Å². The number of fused-ring (bicyclic) bond motifs is 1. The third-order valence-corrected chi connectivity index (χ3v) is 5.00. The molecule has 1 amide bonds. The second kappa shape index (κ2) is 8.39. The molecule has 3 rings (SSSR count). The van der Waals surface area contributed by atoms with Crippen molar-refractivity contribution in [2.24, 2.45) is 10.4 Å². The first-order valence-electron chi connectivity index (χ1n) is 9.18. The van der Waals surface area contributed by atoms with Crippen LogP contribution in [0.5, 0.6) is 11.5 Å². The summed E-state index contributed by atoms with van der Waals surface area (Å²) in [5.41, 5.74) is 0.371. The van der Waals surface area contributed by atoms with Crippen LogP contribution in [0.2, 0.25) is 0 Å². The molecule has 2 aliphatic heterocycles. The van der Waals surface area contributed by atoms with Gasteiger partial charge in [0.25, 0.3) is 0 Å². The first kappa shape index (κ1) is 19.2. The SMILES string of the molecule is COc1ccc(N2C(=O)C[C@]3(CC/C=C/CCO)C=CCN=C23)cc1OC. The Morgan fingerprint density at radius 1 is 1.22 bits per heavy atom. The highest BCUT2D eigenvalue weighted by molar-refractivity contribution is 6.25. The number of amides is 1. The van der Waals surface area contributed by atoms with Gasteiger partial charge in [-0.2, -0.15) is 0 Å². The molecule has 0 aromatic heterocycles. The highest BCUT2D eigenvalue weighted by atomic mass is 16.5. The van der Waals surface area contributed by atoms with Crippen LogP contribution in [0.1, 0.15) is 25.7 Å². The van der Waals surface area contributed by atoms with Crippen molar-refractivity contribution in [1.29, 1.82) is 0 Å². The van der Waals surface area contributed by atoms with Crippen molar-refractivity contribution in [3.8, 4) is 11.5 Å². The highest BCUT2D eigenvalue weighted by Crippen LogP contribution is 2.44. The minimum absolute atomic E-state index is 0.0341. The quantitative estimate of drug-likeness (QED) is 0.714. The van der Waals surface area contributed by atoms with Gasteiger partial charge in [0.15, 0.2) is 11.5 Å². The number of aliphatic hydroxyl groups is 1. The van der Waals surface area contributed by atoms with E-state index in [2.05, 4.69) is 17.1 Å². The van der Waals surface area contributed by atoms with Gasteiger partial charge in [0.1, 0.15) is 5.84 Å². The van der Waals surface area contributed by atoms with Crippen LogP contribution in [0.3, 0.4) is 0 Å². The van der Waals surface area contributed by atoms with Crippen molar-refractivity contribution >= 4 is 17.4 Å². The van der Waals surface area contributed by atoms with E-state index >= 15 is 0 Å². The number of aliphatic imine (C=N–C) groups is 1. The topological polar surface area (TPSA) is 71.4 Å². The van der Waals surface area contributed by atoms with Gasteiger partial charge in [-0.1, -0.05) is 24.3 Å². The van der Waals surface area contributed by atoms with Crippen molar-refractivity contribution in [1.82, 2.24) is 0 Å². The second-order valence-electron chi connectivity index (χ2n) is 6.69. The summed E-state index contributed by atoms with van der Waals surface area (Å²) in [6, 6.07) is 5.48. The van der Waals surface area contributed by atoms with Gasteiger partial charge in [0.05, 0.1) is 31.9 Å². The zero-order chi connectivity index (χ0) is 19.3. The van der Waals surface area contributed by atoms with E-state index < -0.39 is 0 Å². The molecule has 0 spiro atoms. The summed E-state index contributed by atoms with van der Waals surface area (Å²) in [5, 5.41) is 8.89. The molecule has 27 heavy (non-hydrogen) atoms. The number of ether oxygens (including phenoxy) is 2. The number of aliphatic hydroxyl groups excluding tert-OH is 1. The molecule has 1 aromatic rings. The fourth-order valence-electron chi connectivity index (χ4n) is 3.71. The Balaban J connectivity index is 1.88. The van der Waals surface area contributed by atoms with Crippen LogP contribution >= 0.6 is 0 Å². The van der Waals surface area contributed by atoms with Gasteiger partial charge in [-0.3, -0.25) is 14.7 Å². The number of hydrogen-bond acceptors (Lipinski definition) is 5. The molecule has 0 aliphatic carbocycles. The van der Waals surface area contributed by atoms with Crippen molar-refractivity contribution in [2.45, 2.75) is 25.7 Å². The zero-order valence-electron chi connectivity index (χ0n) is 15.9. The molecule has 2 heterocycles. The van der Waals surface area contributed by atoms with Crippen molar-refractivity contribution < 1.29 is 19.4 Å². The molecular formula is C21H26N2O4. The minimum Gasteiger partial charge on any atom is -0.493 e. The molecular weight excluding hydrogens is 344 g/mol. The molecule has 0 saturated carbocycles. The number of allylic oxidation sites excluding steroid dienone is 1. The number of benzene rings is 1. The van der Waals surface area contributed by atoms with Crippen LogP contribution in [0.15, 0.2) is 47.5 Å². The summed E-state index contributed by atoms with van der Waals surface area (Å²) >= 11 is 0. The van der Waals surface area contributed by atoms with Gasteiger partial charge >= 0.3 is 0 Å². The molecule has 1 fully saturated rings. The van der Waals surface area contributed by atoms with Crippen LogP contribution in [0, 0.1) is 5.41 Å². The number of anilines is 1. The van der Waals surface area contributed by atoms with Gasteiger partial charge in [-0.15, -0.1) is 0 Å². The Morgan fingerprint density at radius 2 is 2.00 bits per heavy atom. The zero-order valence-corrected chi connectivity index (χ0v) is 15.9. The first-order chi connectivity index (χ1) is 13.1. The monoisotopic (exact) mass is 370 g/mol. The number of amidine groups is 1. The lowest BCUT2D eigenvalue weighted by molar-refractivity contribution is -0.117. The van der Waals surface area contributed by atoms with E-state index in [4.69, 9.17) is 14.6 Å². The van der Waals surface area contributed by atoms with E-state index in [0.717, 1.165) is 24.4 Å². The fraction of sp³-hybridized carbons (Fsp3) is 0.429. The maximum atomic E-state index is 12.9. The van der Waals surface area contributed by atoms with Gasteiger partial charge in [-0.05, 0) is 31.4 Å². The maximum Gasteiger partial charge on any atom is 0.233 e.